The average Bonchev–Trinajstić information content (AvgIpc) is 3.47. The zero-order chi connectivity index (χ0) is 20.1. The SMILES string of the molecule is COc1ccc(-c2nc(C[NH2+][C@H](c3ccccc3)c3ccco3)cs2)cc1OC. The van der Waals surface area contributed by atoms with Crippen molar-refractivity contribution in [2.24, 2.45) is 0 Å². The van der Waals surface area contributed by atoms with Gasteiger partial charge in [0.05, 0.1) is 20.5 Å². The fourth-order valence-corrected chi connectivity index (χ4v) is 4.12. The van der Waals surface area contributed by atoms with Crippen LogP contribution in [0.2, 0.25) is 0 Å². The highest BCUT2D eigenvalue weighted by Gasteiger charge is 2.20. The van der Waals surface area contributed by atoms with Crippen molar-refractivity contribution in [2.75, 3.05) is 14.2 Å². The van der Waals surface area contributed by atoms with Crippen LogP contribution in [0, 0.1) is 0 Å². The third-order valence-electron chi connectivity index (χ3n) is 4.75. The van der Waals surface area contributed by atoms with Gasteiger partial charge in [-0.1, -0.05) is 30.3 Å². The highest BCUT2D eigenvalue weighted by atomic mass is 32.1. The summed E-state index contributed by atoms with van der Waals surface area (Å²) in [6, 6.07) is 20.3. The van der Waals surface area contributed by atoms with Gasteiger partial charge in [-0.05, 0) is 30.3 Å². The third kappa shape index (κ3) is 4.34. The molecule has 2 heterocycles. The van der Waals surface area contributed by atoms with E-state index in [0.29, 0.717) is 11.5 Å². The average molecular weight is 408 g/mol. The molecule has 0 unspecified atom stereocenters. The lowest BCUT2D eigenvalue weighted by molar-refractivity contribution is -0.704. The van der Waals surface area contributed by atoms with E-state index in [1.54, 1.807) is 31.8 Å². The molecule has 0 aliphatic heterocycles. The Kier molecular flexibility index (Phi) is 5.93. The Morgan fingerprint density at radius 1 is 1.00 bits per heavy atom. The van der Waals surface area contributed by atoms with Crippen LogP contribution >= 0.6 is 11.3 Å². The van der Waals surface area contributed by atoms with Gasteiger partial charge >= 0.3 is 0 Å². The number of ether oxygens (including phenoxy) is 2. The molecule has 0 amide bonds. The molecule has 2 N–H and O–H groups in total. The Bertz CT molecular complexity index is 1050. The van der Waals surface area contributed by atoms with Crippen molar-refractivity contribution in [3.05, 3.63) is 89.3 Å². The molecule has 4 rings (SSSR count). The minimum Gasteiger partial charge on any atom is -0.493 e. The number of nitrogens with two attached hydrogens (primary N) is 1. The molecule has 29 heavy (non-hydrogen) atoms. The zero-order valence-corrected chi connectivity index (χ0v) is 17.2. The Hall–Kier alpha value is -3.09. The van der Waals surface area contributed by atoms with Gasteiger partial charge in [-0.3, -0.25) is 0 Å². The van der Waals surface area contributed by atoms with Crippen LogP contribution in [0.3, 0.4) is 0 Å². The molecule has 2 aromatic carbocycles. The number of methoxy groups -OCH3 is 2. The van der Waals surface area contributed by atoms with Crippen molar-refractivity contribution in [3.8, 4) is 22.1 Å². The van der Waals surface area contributed by atoms with Gasteiger partial charge in [0.2, 0.25) is 0 Å². The van der Waals surface area contributed by atoms with Crippen molar-refractivity contribution < 1.29 is 19.2 Å². The lowest BCUT2D eigenvalue weighted by Crippen LogP contribution is -2.83. The van der Waals surface area contributed by atoms with Crippen molar-refractivity contribution in [1.29, 1.82) is 0 Å². The van der Waals surface area contributed by atoms with Gasteiger partial charge in [0.1, 0.15) is 17.2 Å². The second kappa shape index (κ2) is 8.94. The molecule has 0 spiro atoms. The summed E-state index contributed by atoms with van der Waals surface area (Å²) in [6.45, 7) is 0.754. The minimum absolute atomic E-state index is 0.0948. The number of benzene rings is 2. The van der Waals surface area contributed by atoms with Crippen molar-refractivity contribution in [1.82, 2.24) is 4.98 Å². The van der Waals surface area contributed by atoms with Gasteiger partial charge in [0, 0.05) is 16.5 Å². The summed E-state index contributed by atoms with van der Waals surface area (Å²) in [6.07, 6.45) is 1.72. The summed E-state index contributed by atoms with van der Waals surface area (Å²) in [5, 5.41) is 5.32. The number of hydrogen-bond acceptors (Lipinski definition) is 5. The number of aromatic nitrogens is 1. The fourth-order valence-electron chi connectivity index (χ4n) is 3.29. The second-order valence-electron chi connectivity index (χ2n) is 6.56. The predicted molar refractivity (Wildman–Crippen MR) is 113 cm³/mol. The largest absolute Gasteiger partial charge is 0.493 e. The number of nitrogens with zero attached hydrogens (tertiary/aromatic N) is 1. The quantitative estimate of drug-likeness (QED) is 0.474. The van der Waals surface area contributed by atoms with Crippen LogP contribution in [0.25, 0.3) is 10.6 Å². The molecule has 6 heteroatoms. The van der Waals surface area contributed by atoms with Crippen molar-refractivity contribution >= 4 is 11.3 Å². The standard InChI is InChI=1S/C23H22N2O3S/c1-26-19-11-10-17(13-21(19)27-2)23-25-18(15-29-23)14-24-22(20-9-6-12-28-20)16-7-4-3-5-8-16/h3-13,15,22,24H,14H2,1-2H3/p+1/t22-/m1/s1. The fraction of sp³-hybridized carbons (Fsp3) is 0.174. The molecular formula is C23H23N2O3S+. The Labute approximate surface area is 173 Å². The number of quaternary nitrogens is 1. The smallest absolute Gasteiger partial charge is 0.170 e. The van der Waals surface area contributed by atoms with Crippen LogP contribution in [-0.4, -0.2) is 19.2 Å². The van der Waals surface area contributed by atoms with E-state index in [2.05, 4.69) is 35.0 Å². The monoisotopic (exact) mass is 407 g/mol. The molecule has 0 saturated heterocycles. The maximum Gasteiger partial charge on any atom is 0.170 e. The lowest BCUT2D eigenvalue weighted by Gasteiger charge is -2.13. The first-order valence-corrected chi connectivity index (χ1v) is 10.2. The normalized spacial score (nSPS) is 11.9. The van der Waals surface area contributed by atoms with Crippen LogP contribution in [0.5, 0.6) is 11.5 Å². The molecule has 0 aliphatic rings. The molecule has 148 valence electrons. The van der Waals surface area contributed by atoms with Gasteiger partial charge in [-0.2, -0.15) is 0 Å². The lowest BCUT2D eigenvalue weighted by atomic mass is 10.0. The molecule has 4 aromatic rings. The van der Waals surface area contributed by atoms with E-state index in [1.807, 2.05) is 36.4 Å². The van der Waals surface area contributed by atoms with E-state index in [4.69, 9.17) is 18.9 Å². The summed E-state index contributed by atoms with van der Waals surface area (Å²) in [5.74, 6) is 2.35. The molecule has 5 nitrogen and oxygen atoms in total. The van der Waals surface area contributed by atoms with Gasteiger partial charge in [0.25, 0.3) is 0 Å². The topological polar surface area (TPSA) is 61.1 Å². The number of hydrogen-bond donors (Lipinski definition) is 1. The van der Waals surface area contributed by atoms with Crippen LogP contribution in [-0.2, 0) is 6.54 Å². The van der Waals surface area contributed by atoms with E-state index in [9.17, 15) is 0 Å². The van der Waals surface area contributed by atoms with Crippen molar-refractivity contribution in [2.45, 2.75) is 12.6 Å². The zero-order valence-electron chi connectivity index (χ0n) is 16.4. The number of furan rings is 1. The Morgan fingerprint density at radius 2 is 1.83 bits per heavy atom. The minimum atomic E-state index is 0.0948. The predicted octanol–water partition coefficient (Wildman–Crippen LogP) is 4.27. The Morgan fingerprint density at radius 3 is 2.55 bits per heavy atom. The molecule has 0 bridgehead atoms. The van der Waals surface area contributed by atoms with Gasteiger partial charge in [0.15, 0.2) is 23.3 Å². The van der Waals surface area contributed by atoms with E-state index < -0.39 is 0 Å². The molecule has 0 aliphatic carbocycles. The molecule has 2 aromatic heterocycles. The second-order valence-corrected chi connectivity index (χ2v) is 7.42. The molecule has 0 saturated carbocycles. The van der Waals surface area contributed by atoms with Crippen molar-refractivity contribution in [3.63, 3.8) is 0 Å². The summed E-state index contributed by atoms with van der Waals surface area (Å²) < 4.78 is 16.4. The summed E-state index contributed by atoms with van der Waals surface area (Å²) in [4.78, 5) is 4.82. The van der Waals surface area contributed by atoms with E-state index in [0.717, 1.165) is 28.6 Å². The highest BCUT2D eigenvalue weighted by molar-refractivity contribution is 7.13. The van der Waals surface area contributed by atoms with Crippen LogP contribution in [0.15, 0.2) is 76.7 Å². The Balaban J connectivity index is 1.51. The molecule has 0 radical (unpaired) electrons. The first-order chi connectivity index (χ1) is 14.3. The van der Waals surface area contributed by atoms with Crippen LogP contribution in [0.4, 0.5) is 0 Å². The van der Waals surface area contributed by atoms with E-state index in [-0.39, 0.29) is 6.04 Å². The summed E-state index contributed by atoms with van der Waals surface area (Å²) >= 11 is 1.63. The molecule has 1 atom stereocenters. The first kappa shape index (κ1) is 19.2. The number of thiazole rings is 1. The summed E-state index contributed by atoms with van der Waals surface area (Å²) in [7, 11) is 3.28. The highest BCUT2D eigenvalue weighted by Crippen LogP contribution is 2.33. The van der Waals surface area contributed by atoms with Gasteiger partial charge < -0.3 is 19.2 Å². The van der Waals surface area contributed by atoms with Gasteiger partial charge in [-0.15, -0.1) is 11.3 Å². The first-order valence-electron chi connectivity index (χ1n) is 9.37. The van der Waals surface area contributed by atoms with Crippen LogP contribution in [0.1, 0.15) is 23.1 Å². The summed E-state index contributed by atoms with van der Waals surface area (Å²) in [5.41, 5.74) is 3.26. The van der Waals surface area contributed by atoms with E-state index >= 15 is 0 Å². The van der Waals surface area contributed by atoms with Crippen LogP contribution < -0.4 is 14.8 Å². The van der Waals surface area contributed by atoms with Gasteiger partial charge in [-0.25, -0.2) is 4.98 Å². The maximum absolute atomic E-state index is 5.69. The molecular weight excluding hydrogens is 384 g/mol. The number of rotatable bonds is 8. The third-order valence-corrected chi connectivity index (χ3v) is 5.69. The van der Waals surface area contributed by atoms with E-state index in [1.165, 1.54) is 5.56 Å². The maximum atomic E-state index is 5.69. The molecule has 0 fully saturated rings.